The Morgan fingerprint density at radius 3 is 1.10 bits per heavy atom. The maximum atomic E-state index is 11.2. The van der Waals surface area contributed by atoms with E-state index in [-0.39, 0.29) is 59.5 Å². The molecule has 0 spiro atoms. The molecule has 0 heterocycles. The van der Waals surface area contributed by atoms with Crippen LogP contribution in [0.5, 0.6) is 0 Å². The third-order valence-corrected chi connectivity index (χ3v) is 4.59. The number of carbonyl (C=O) groups is 3. The molecule has 0 saturated carbocycles. The summed E-state index contributed by atoms with van der Waals surface area (Å²) in [5.41, 5.74) is 0. The van der Waals surface area contributed by atoms with Crippen LogP contribution in [-0.4, -0.2) is 102 Å². The summed E-state index contributed by atoms with van der Waals surface area (Å²) in [6.45, 7) is 18.4. The minimum atomic E-state index is -1.40. The van der Waals surface area contributed by atoms with Crippen molar-refractivity contribution in [3.8, 4) is 0 Å². The van der Waals surface area contributed by atoms with Crippen LogP contribution in [-0.2, 0) is 57.0 Å². The van der Waals surface area contributed by atoms with Gasteiger partial charge in [-0.15, -0.1) is 0 Å². The molecule has 0 saturated heterocycles. The van der Waals surface area contributed by atoms with Gasteiger partial charge >= 0.3 is 17.9 Å². The first-order valence-corrected chi connectivity index (χ1v) is 12.8. The zero-order chi connectivity index (χ0) is 29.5. The maximum Gasteiger partial charge on any atom is 0.330 e. The smallest absolute Gasteiger partial charge is 0.330 e. The summed E-state index contributed by atoms with van der Waals surface area (Å²) in [6, 6.07) is 0. The number of esters is 3. The van der Waals surface area contributed by atoms with E-state index in [4.69, 9.17) is 42.6 Å². The van der Waals surface area contributed by atoms with Crippen molar-refractivity contribution in [2.45, 2.75) is 58.4 Å². The van der Waals surface area contributed by atoms with Crippen LogP contribution in [0, 0.1) is 0 Å². The van der Waals surface area contributed by atoms with Gasteiger partial charge in [0, 0.05) is 24.6 Å². The van der Waals surface area contributed by atoms with E-state index in [0.29, 0.717) is 6.42 Å². The molecule has 12 nitrogen and oxygen atoms in total. The van der Waals surface area contributed by atoms with Crippen LogP contribution in [0.15, 0.2) is 38.0 Å². The molecule has 0 rings (SSSR count). The highest BCUT2D eigenvalue weighted by Gasteiger charge is 2.31. The molecule has 39 heavy (non-hydrogen) atoms. The van der Waals surface area contributed by atoms with E-state index < -0.39 is 42.2 Å². The highest BCUT2D eigenvalue weighted by atomic mass is 16.9. The summed E-state index contributed by atoms with van der Waals surface area (Å²) in [7, 11) is 0. The lowest BCUT2D eigenvalue weighted by Gasteiger charge is -2.32. The van der Waals surface area contributed by atoms with Gasteiger partial charge in [0.2, 0.25) is 0 Å². The summed E-state index contributed by atoms with van der Waals surface area (Å²) in [5.74, 6) is -2.99. The van der Waals surface area contributed by atoms with Crippen LogP contribution in [0.3, 0.4) is 0 Å². The van der Waals surface area contributed by atoms with Crippen LogP contribution >= 0.6 is 0 Å². The second-order valence-electron chi connectivity index (χ2n) is 8.16. The fourth-order valence-electron chi connectivity index (χ4n) is 2.79. The van der Waals surface area contributed by atoms with Crippen molar-refractivity contribution in [3.05, 3.63) is 38.0 Å². The van der Waals surface area contributed by atoms with Gasteiger partial charge in [0.05, 0.1) is 59.5 Å². The van der Waals surface area contributed by atoms with E-state index in [1.54, 1.807) is 20.8 Å². The molecule has 0 fully saturated rings. The minimum absolute atomic E-state index is 0.126. The molecule has 0 aromatic carbocycles. The fourth-order valence-corrected chi connectivity index (χ4v) is 2.79. The zero-order valence-corrected chi connectivity index (χ0v) is 23.6. The predicted octanol–water partition coefficient (Wildman–Crippen LogP) is 2.50. The van der Waals surface area contributed by atoms with Crippen molar-refractivity contribution in [2.24, 2.45) is 0 Å². The van der Waals surface area contributed by atoms with Crippen molar-refractivity contribution in [1.82, 2.24) is 0 Å². The van der Waals surface area contributed by atoms with Gasteiger partial charge in [-0.05, 0) is 20.8 Å². The topological polar surface area (TPSA) is 134 Å². The van der Waals surface area contributed by atoms with Gasteiger partial charge in [0.1, 0.15) is 18.3 Å². The Bertz CT molecular complexity index is 645. The molecule has 0 aliphatic heterocycles. The molecule has 0 radical (unpaired) electrons. The molecular weight excluding hydrogens is 516 g/mol. The second-order valence-corrected chi connectivity index (χ2v) is 8.16. The lowest BCUT2D eigenvalue weighted by Crippen LogP contribution is -2.41. The van der Waals surface area contributed by atoms with Gasteiger partial charge in [-0.1, -0.05) is 26.7 Å². The Kier molecular flexibility index (Phi) is 20.7. The summed E-state index contributed by atoms with van der Waals surface area (Å²) >= 11 is 0. The van der Waals surface area contributed by atoms with Gasteiger partial charge < -0.3 is 42.6 Å². The first-order chi connectivity index (χ1) is 18.6. The van der Waals surface area contributed by atoms with Crippen LogP contribution in [0.1, 0.15) is 34.1 Å². The summed E-state index contributed by atoms with van der Waals surface area (Å²) in [5, 5.41) is 0. The Balaban J connectivity index is 4.69. The van der Waals surface area contributed by atoms with Crippen molar-refractivity contribution in [1.29, 1.82) is 0 Å². The zero-order valence-electron chi connectivity index (χ0n) is 23.6. The highest BCUT2D eigenvalue weighted by molar-refractivity contribution is 5.82. The third-order valence-electron chi connectivity index (χ3n) is 4.59. The van der Waals surface area contributed by atoms with Crippen LogP contribution in [0.2, 0.25) is 0 Å². The molecular formula is C27H44O12. The molecule has 0 aromatic heterocycles. The van der Waals surface area contributed by atoms with E-state index >= 15 is 0 Å². The van der Waals surface area contributed by atoms with Crippen molar-refractivity contribution in [2.75, 3.05) is 59.5 Å². The highest BCUT2D eigenvalue weighted by Crippen LogP contribution is 2.20. The Labute approximate surface area is 231 Å². The molecule has 3 atom stereocenters. The number of hydrogen-bond donors (Lipinski definition) is 0. The molecule has 0 N–H and O–H groups in total. The van der Waals surface area contributed by atoms with Gasteiger partial charge in [-0.3, -0.25) is 0 Å². The normalized spacial score (nSPS) is 14.8. The average molecular weight is 561 g/mol. The van der Waals surface area contributed by atoms with E-state index in [1.807, 2.05) is 6.92 Å². The first kappa shape index (κ1) is 36.4. The number of hydrogen-bond acceptors (Lipinski definition) is 12. The number of carbonyl (C=O) groups excluding carboxylic acids is 3. The molecule has 0 bridgehead atoms. The third kappa shape index (κ3) is 19.2. The standard InChI is InChI=1S/C27H44O12/c1-8-24(28)37-21(5)18-31-12-15-34-27(11-4,35-16-13-32-19-22(6)38-25(29)9-2)36-17-14-33-20-23(7)39-26(30)10-3/h8-10,21-23H,1-3,11-20H2,4-7H3. The second kappa shape index (κ2) is 22.2. The molecule has 12 heteroatoms. The molecule has 224 valence electrons. The van der Waals surface area contributed by atoms with Gasteiger partial charge in [-0.25, -0.2) is 14.4 Å². The minimum Gasteiger partial charge on any atom is -0.457 e. The van der Waals surface area contributed by atoms with Gasteiger partial charge in [-0.2, -0.15) is 0 Å². The summed E-state index contributed by atoms with van der Waals surface area (Å²) < 4.78 is 49.3. The van der Waals surface area contributed by atoms with Crippen molar-refractivity contribution in [3.63, 3.8) is 0 Å². The maximum absolute atomic E-state index is 11.2. The first-order valence-electron chi connectivity index (χ1n) is 12.8. The Morgan fingerprint density at radius 1 is 0.590 bits per heavy atom. The SMILES string of the molecule is C=CC(=O)OC(C)COCCOC(CC)(OCCOCC(C)OC(=O)C=C)OCCOCC(C)OC(=O)C=C. The van der Waals surface area contributed by atoms with E-state index in [1.165, 1.54) is 0 Å². The largest absolute Gasteiger partial charge is 0.457 e. The van der Waals surface area contributed by atoms with Crippen LogP contribution in [0.4, 0.5) is 0 Å². The molecule has 0 amide bonds. The van der Waals surface area contributed by atoms with E-state index in [2.05, 4.69) is 19.7 Å². The molecule has 0 aromatic rings. The van der Waals surface area contributed by atoms with Crippen LogP contribution < -0.4 is 0 Å². The van der Waals surface area contributed by atoms with Crippen molar-refractivity contribution < 1.29 is 57.0 Å². The lowest BCUT2D eigenvalue weighted by atomic mass is 10.4. The van der Waals surface area contributed by atoms with E-state index in [0.717, 1.165) is 18.2 Å². The Hall–Kier alpha value is -2.61. The molecule has 0 aliphatic carbocycles. The monoisotopic (exact) mass is 560 g/mol. The summed E-state index contributed by atoms with van der Waals surface area (Å²) in [6.07, 6.45) is 2.24. The van der Waals surface area contributed by atoms with Crippen LogP contribution in [0.25, 0.3) is 0 Å². The quantitative estimate of drug-likeness (QED) is 0.0534. The average Bonchev–Trinajstić information content (AvgIpc) is 2.91. The van der Waals surface area contributed by atoms with Crippen molar-refractivity contribution >= 4 is 17.9 Å². The number of rotatable bonds is 25. The molecule has 3 unspecified atom stereocenters. The predicted molar refractivity (Wildman–Crippen MR) is 141 cm³/mol. The van der Waals surface area contributed by atoms with E-state index in [9.17, 15) is 14.4 Å². The van der Waals surface area contributed by atoms with Gasteiger partial charge in [0.25, 0.3) is 5.97 Å². The lowest BCUT2D eigenvalue weighted by molar-refractivity contribution is -0.386. The Morgan fingerprint density at radius 2 is 0.872 bits per heavy atom. The summed E-state index contributed by atoms with van der Waals surface area (Å²) in [4.78, 5) is 33.7. The molecule has 0 aliphatic rings. The number of ether oxygens (including phenoxy) is 9. The fraction of sp³-hybridized carbons (Fsp3) is 0.667. The van der Waals surface area contributed by atoms with Gasteiger partial charge in [0.15, 0.2) is 0 Å².